The summed E-state index contributed by atoms with van der Waals surface area (Å²) in [7, 11) is 0. The zero-order valence-corrected chi connectivity index (χ0v) is 18.1. The third-order valence-electron chi connectivity index (χ3n) is 6.95. The Labute approximate surface area is 175 Å². The van der Waals surface area contributed by atoms with Crippen LogP contribution in [-0.2, 0) is 17.8 Å². The Morgan fingerprint density at radius 2 is 1.90 bits per heavy atom. The van der Waals surface area contributed by atoms with E-state index in [1.807, 2.05) is 18.2 Å². The fourth-order valence-electron chi connectivity index (χ4n) is 5.04. The van der Waals surface area contributed by atoms with Crippen LogP contribution in [0.15, 0.2) is 24.3 Å². The number of hydrogen-bond donors (Lipinski definition) is 0. The van der Waals surface area contributed by atoms with E-state index < -0.39 is 0 Å². The van der Waals surface area contributed by atoms with Gasteiger partial charge in [0, 0.05) is 25.6 Å². The van der Waals surface area contributed by atoms with Gasteiger partial charge in [0.25, 0.3) is 0 Å². The standard InChI is InChI=1S/C24H36N4O/c1-3-23-25-21-9-4-5-10-22(21)28(23)18-24(29)27-14-7-6-8-20(27)13-17-26-15-11-19(2)12-16-26/h4-5,9-10,19-20H,3,6-8,11-18H2,1-2H3. The Balaban J connectivity index is 1.42. The molecule has 1 aromatic heterocycles. The molecule has 4 rings (SSSR count). The van der Waals surface area contributed by atoms with Gasteiger partial charge in [0.1, 0.15) is 12.4 Å². The largest absolute Gasteiger partial charge is 0.338 e. The number of aryl methyl sites for hydroxylation is 1. The molecule has 29 heavy (non-hydrogen) atoms. The maximum Gasteiger partial charge on any atom is 0.242 e. The molecule has 158 valence electrons. The summed E-state index contributed by atoms with van der Waals surface area (Å²) in [6, 6.07) is 8.57. The van der Waals surface area contributed by atoms with E-state index in [9.17, 15) is 4.79 Å². The van der Waals surface area contributed by atoms with Crippen LogP contribution in [0.1, 0.15) is 58.2 Å². The molecule has 2 aliphatic heterocycles. The van der Waals surface area contributed by atoms with Crippen LogP contribution in [0.5, 0.6) is 0 Å². The lowest BCUT2D eigenvalue weighted by atomic mass is 9.96. The SMILES string of the molecule is CCc1nc2ccccc2n1CC(=O)N1CCCCC1CCN1CCC(C)CC1. The molecule has 1 amide bonds. The van der Waals surface area contributed by atoms with Crippen molar-refractivity contribution in [2.24, 2.45) is 5.92 Å². The maximum atomic E-state index is 13.3. The number of rotatable bonds is 6. The summed E-state index contributed by atoms with van der Waals surface area (Å²) < 4.78 is 2.13. The van der Waals surface area contributed by atoms with E-state index in [0.717, 1.165) is 61.5 Å². The van der Waals surface area contributed by atoms with Crippen molar-refractivity contribution < 1.29 is 4.79 Å². The first-order chi connectivity index (χ1) is 14.2. The molecule has 0 aliphatic carbocycles. The van der Waals surface area contributed by atoms with Crippen LogP contribution in [0.2, 0.25) is 0 Å². The van der Waals surface area contributed by atoms with Gasteiger partial charge in [-0.25, -0.2) is 4.98 Å². The van der Waals surface area contributed by atoms with Crippen molar-refractivity contribution in [3.05, 3.63) is 30.1 Å². The van der Waals surface area contributed by atoms with Gasteiger partial charge in [0.05, 0.1) is 11.0 Å². The Hall–Kier alpha value is -1.88. The van der Waals surface area contributed by atoms with Crippen LogP contribution < -0.4 is 0 Å². The predicted molar refractivity (Wildman–Crippen MR) is 118 cm³/mol. The molecule has 1 atom stereocenters. The molecule has 2 aliphatic rings. The number of imidazole rings is 1. The van der Waals surface area contributed by atoms with Crippen molar-refractivity contribution >= 4 is 16.9 Å². The van der Waals surface area contributed by atoms with Gasteiger partial charge in [-0.05, 0) is 69.7 Å². The van der Waals surface area contributed by atoms with Crippen molar-refractivity contribution in [3.8, 4) is 0 Å². The van der Waals surface area contributed by atoms with Gasteiger partial charge in [0.2, 0.25) is 5.91 Å². The third-order valence-corrected chi connectivity index (χ3v) is 6.95. The summed E-state index contributed by atoms with van der Waals surface area (Å²) >= 11 is 0. The molecule has 0 N–H and O–H groups in total. The topological polar surface area (TPSA) is 41.4 Å². The van der Waals surface area contributed by atoms with Crippen LogP contribution in [0.25, 0.3) is 11.0 Å². The first kappa shape index (κ1) is 20.4. The molecule has 0 saturated carbocycles. The van der Waals surface area contributed by atoms with Gasteiger partial charge in [-0.1, -0.05) is 26.0 Å². The van der Waals surface area contributed by atoms with Crippen LogP contribution in [-0.4, -0.2) is 57.5 Å². The molecule has 5 heteroatoms. The molecular formula is C24H36N4O. The molecule has 2 aromatic rings. The third kappa shape index (κ3) is 4.66. The Bertz CT molecular complexity index is 821. The van der Waals surface area contributed by atoms with Crippen molar-refractivity contribution in [3.63, 3.8) is 0 Å². The summed E-state index contributed by atoms with van der Waals surface area (Å²) in [4.78, 5) is 22.9. The number of likely N-dealkylation sites (tertiary alicyclic amines) is 2. The minimum Gasteiger partial charge on any atom is -0.338 e. The fourth-order valence-corrected chi connectivity index (χ4v) is 5.04. The smallest absolute Gasteiger partial charge is 0.242 e. The molecule has 1 aromatic carbocycles. The number of nitrogens with zero attached hydrogens (tertiary/aromatic N) is 4. The van der Waals surface area contributed by atoms with Gasteiger partial charge in [-0.2, -0.15) is 0 Å². The van der Waals surface area contributed by atoms with Crippen molar-refractivity contribution in [1.29, 1.82) is 0 Å². The van der Waals surface area contributed by atoms with Crippen LogP contribution in [0.4, 0.5) is 0 Å². The summed E-state index contributed by atoms with van der Waals surface area (Å²) in [6.07, 6.45) is 8.14. The molecule has 1 unspecified atom stereocenters. The normalized spacial score (nSPS) is 21.7. The molecule has 0 spiro atoms. The summed E-state index contributed by atoms with van der Waals surface area (Å²) in [6.45, 7) is 9.39. The van der Waals surface area contributed by atoms with Crippen molar-refractivity contribution in [2.75, 3.05) is 26.2 Å². The number of aromatic nitrogens is 2. The Morgan fingerprint density at radius 3 is 2.69 bits per heavy atom. The van der Waals surface area contributed by atoms with Crippen molar-refractivity contribution in [1.82, 2.24) is 19.4 Å². The second-order valence-electron chi connectivity index (χ2n) is 9.01. The van der Waals surface area contributed by atoms with E-state index in [1.54, 1.807) is 0 Å². The van der Waals surface area contributed by atoms with E-state index in [-0.39, 0.29) is 5.91 Å². The first-order valence-corrected chi connectivity index (χ1v) is 11.6. The van der Waals surface area contributed by atoms with Gasteiger partial charge < -0.3 is 14.4 Å². The van der Waals surface area contributed by atoms with Crippen LogP contribution in [0, 0.1) is 5.92 Å². The number of para-hydroxylation sites is 2. The second-order valence-corrected chi connectivity index (χ2v) is 9.01. The Morgan fingerprint density at radius 1 is 1.10 bits per heavy atom. The highest BCUT2D eigenvalue weighted by molar-refractivity contribution is 5.81. The minimum atomic E-state index is 0.264. The zero-order chi connectivity index (χ0) is 20.2. The molecule has 2 saturated heterocycles. The minimum absolute atomic E-state index is 0.264. The molecule has 3 heterocycles. The number of fused-ring (bicyclic) bond motifs is 1. The number of benzene rings is 1. The molecule has 0 radical (unpaired) electrons. The summed E-state index contributed by atoms with van der Waals surface area (Å²) in [5, 5.41) is 0. The van der Waals surface area contributed by atoms with E-state index in [4.69, 9.17) is 4.98 Å². The molecular weight excluding hydrogens is 360 g/mol. The van der Waals surface area contributed by atoms with E-state index in [1.165, 1.54) is 32.4 Å². The highest BCUT2D eigenvalue weighted by atomic mass is 16.2. The predicted octanol–water partition coefficient (Wildman–Crippen LogP) is 4.10. The van der Waals surface area contributed by atoms with E-state index in [2.05, 4.69) is 34.3 Å². The fraction of sp³-hybridized carbons (Fsp3) is 0.667. The maximum absolute atomic E-state index is 13.3. The van der Waals surface area contributed by atoms with Crippen molar-refractivity contribution in [2.45, 2.75) is 71.4 Å². The highest BCUT2D eigenvalue weighted by Gasteiger charge is 2.28. The van der Waals surface area contributed by atoms with Crippen LogP contribution in [0.3, 0.4) is 0 Å². The number of carbonyl (C=O) groups excluding carboxylic acids is 1. The number of piperidine rings is 2. The van der Waals surface area contributed by atoms with Gasteiger partial charge >= 0.3 is 0 Å². The first-order valence-electron chi connectivity index (χ1n) is 11.6. The summed E-state index contributed by atoms with van der Waals surface area (Å²) in [5.74, 6) is 2.15. The lowest BCUT2D eigenvalue weighted by Gasteiger charge is -2.38. The quantitative estimate of drug-likeness (QED) is 0.738. The Kier molecular flexibility index (Phi) is 6.53. The van der Waals surface area contributed by atoms with Gasteiger partial charge in [-0.3, -0.25) is 4.79 Å². The highest BCUT2D eigenvalue weighted by Crippen LogP contribution is 2.24. The lowest BCUT2D eigenvalue weighted by Crippen LogP contribution is -2.47. The van der Waals surface area contributed by atoms with Gasteiger partial charge in [0.15, 0.2) is 0 Å². The lowest BCUT2D eigenvalue weighted by molar-refractivity contribution is -0.135. The summed E-state index contributed by atoms with van der Waals surface area (Å²) in [5.41, 5.74) is 2.07. The number of amides is 1. The average Bonchev–Trinajstić information content (AvgIpc) is 3.11. The molecule has 0 bridgehead atoms. The zero-order valence-electron chi connectivity index (χ0n) is 18.1. The second kappa shape index (κ2) is 9.29. The molecule has 5 nitrogen and oxygen atoms in total. The monoisotopic (exact) mass is 396 g/mol. The van der Waals surface area contributed by atoms with Crippen LogP contribution >= 0.6 is 0 Å². The van der Waals surface area contributed by atoms with Gasteiger partial charge in [-0.15, -0.1) is 0 Å². The average molecular weight is 397 g/mol. The van der Waals surface area contributed by atoms with E-state index >= 15 is 0 Å². The number of hydrogen-bond acceptors (Lipinski definition) is 3. The molecule has 2 fully saturated rings. The van der Waals surface area contributed by atoms with E-state index in [0.29, 0.717) is 12.6 Å². The number of carbonyl (C=O) groups is 1.